The van der Waals surface area contributed by atoms with Crippen molar-refractivity contribution in [3.63, 3.8) is 0 Å². The SMILES string of the molecule is O=C(CC12CC3CC(CC(Br)(C3)C1)C2)Nc1ccccc1Br. The molecule has 2 nitrogen and oxygen atoms in total. The molecular formula is C18H21Br2NO. The van der Waals surface area contributed by atoms with Crippen LogP contribution < -0.4 is 5.32 Å². The second-order valence-electron chi connectivity index (χ2n) is 7.82. The molecule has 1 aromatic carbocycles. The highest BCUT2D eigenvalue weighted by Gasteiger charge is 2.57. The molecule has 4 aliphatic carbocycles. The van der Waals surface area contributed by atoms with Gasteiger partial charge in [0.1, 0.15) is 0 Å². The van der Waals surface area contributed by atoms with Crippen LogP contribution in [0.25, 0.3) is 0 Å². The van der Waals surface area contributed by atoms with E-state index >= 15 is 0 Å². The summed E-state index contributed by atoms with van der Waals surface area (Å²) < 4.78 is 1.27. The van der Waals surface area contributed by atoms with Crippen LogP contribution in [0.1, 0.15) is 44.9 Å². The van der Waals surface area contributed by atoms with E-state index in [1.165, 1.54) is 38.5 Å². The number of carbonyl (C=O) groups is 1. The molecule has 0 radical (unpaired) electrons. The van der Waals surface area contributed by atoms with Gasteiger partial charge in [0.15, 0.2) is 0 Å². The lowest BCUT2D eigenvalue weighted by molar-refractivity contribution is -0.123. The van der Waals surface area contributed by atoms with Crippen LogP contribution >= 0.6 is 31.9 Å². The van der Waals surface area contributed by atoms with E-state index in [1.54, 1.807) is 0 Å². The molecule has 4 fully saturated rings. The maximum Gasteiger partial charge on any atom is 0.224 e. The molecule has 0 aliphatic heterocycles. The van der Waals surface area contributed by atoms with Gasteiger partial charge in [-0.15, -0.1) is 0 Å². The highest BCUT2D eigenvalue weighted by Crippen LogP contribution is 2.65. The fourth-order valence-electron chi connectivity index (χ4n) is 5.64. The molecule has 4 saturated carbocycles. The van der Waals surface area contributed by atoms with Gasteiger partial charge in [0.05, 0.1) is 5.69 Å². The first kappa shape index (κ1) is 15.2. The molecule has 1 N–H and O–H groups in total. The quantitative estimate of drug-likeness (QED) is 0.634. The molecule has 1 aromatic rings. The van der Waals surface area contributed by atoms with Crippen LogP contribution in [0.15, 0.2) is 28.7 Å². The van der Waals surface area contributed by atoms with Gasteiger partial charge in [-0.2, -0.15) is 0 Å². The van der Waals surface area contributed by atoms with Crippen LogP contribution in [0.3, 0.4) is 0 Å². The Morgan fingerprint density at radius 1 is 1.18 bits per heavy atom. The van der Waals surface area contributed by atoms with Gasteiger partial charge in [-0.05, 0) is 83.8 Å². The zero-order valence-corrected chi connectivity index (χ0v) is 15.8. The van der Waals surface area contributed by atoms with Crippen molar-refractivity contribution in [3.8, 4) is 0 Å². The van der Waals surface area contributed by atoms with Crippen LogP contribution in [0.4, 0.5) is 5.69 Å². The molecule has 4 heteroatoms. The van der Waals surface area contributed by atoms with Crippen molar-refractivity contribution in [2.75, 3.05) is 5.32 Å². The lowest BCUT2D eigenvalue weighted by Crippen LogP contribution is -2.53. The smallest absolute Gasteiger partial charge is 0.224 e. The van der Waals surface area contributed by atoms with Gasteiger partial charge in [0, 0.05) is 15.2 Å². The largest absolute Gasteiger partial charge is 0.325 e. The molecule has 0 spiro atoms. The fourth-order valence-corrected chi connectivity index (χ4v) is 7.53. The van der Waals surface area contributed by atoms with Crippen LogP contribution in [0.5, 0.6) is 0 Å². The second-order valence-corrected chi connectivity index (χ2v) is 10.4. The topological polar surface area (TPSA) is 29.1 Å². The molecule has 0 saturated heterocycles. The van der Waals surface area contributed by atoms with Gasteiger partial charge in [-0.1, -0.05) is 28.1 Å². The van der Waals surface area contributed by atoms with E-state index in [0.29, 0.717) is 10.7 Å². The standard InChI is InChI=1S/C18H21Br2NO/c19-14-3-1-2-4-15(14)21-16(22)10-17-6-12-5-13(7-17)9-18(20,8-12)11-17/h1-4,12-13H,5-11H2,(H,21,22). The van der Waals surface area contributed by atoms with Crippen LogP contribution in [-0.2, 0) is 4.79 Å². The summed E-state index contributed by atoms with van der Waals surface area (Å²) in [6.07, 6.45) is 8.38. The number of hydrogen-bond acceptors (Lipinski definition) is 1. The Kier molecular flexibility index (Phi) is 3.69. The molecule has 4 aliphatic rings. The number of nitrogens with one attached hydrogen (secondary N) is 1. The summed E-state index contributed by atoms with van der Waals surface area (Å²) in [4.78, 5) is 12.6. The third kappa shape index (κ3) is 2.77. The predicted octanol–water partition coefficient (Wildman–Crippen LogP) is 5.51. The number of rotatable bonds is 3. The Morgan fingerprint density at radius 3 is 2.50 bits per heavy atom. The highest BCUT2D eigenvalue weighted by molar-refractivity contribution is 9.10. The average molecular weight is 427 g/mol. The normalized spacial score (nSPS) is 39.0. The average Bonchev–Trinajstić information content (AvgIpc) is 2.37. The Balaban J connectivity index is 1.49. The van der Waals surface area contributed by atoms with Gasteiger partial charge in [0.2, 0.25) is 5.91 Å². The molecule has 2 atom stereocenters. The maximum absolute atomic E-state index is 12.6. The molecule has 118 valence electrons. The second kappa shape index (κ2) is 5.34. The number of carbonyl (C=O) groups excluding carboxylic acids is 1. The maximum atomic E-state index is 12.6. The molecule has 1 amide bonds. The number of para-hydroxylation sites is 1. The Bertz CT molecular complexity index is 601. The lowest BCUT2D eigenvalue weighted by atomic mass is 9.48. The van der Waals surface area contributed by atoms with E-state index < -0.39 is 0 Å². The minimum absolute atomic E-state index is 0.171. The van der Waals surface area contributed by atoms with Crippen molar-refractivity contribution >= 4 is 43.5 Å². The van der Waals surface area contributed by atoms with E-state index in [0.717, 1.165) is 22.0 Å². The number of hydrogen-bond donors (Lipinski definition) is 1. The highest BCUT2D eigenvalue weighted by atomic mass is 79.9. The summed E-state index contributed by atoms with van der Waals surface area (Å²) in [5.41, 5.74) is 1.12. The summed E-state index contributed by atoms with van der Waals surface area (Å²) in [5, 5.41) is 3.10. The van der Waals surface area contributed by atoms with E-state index in [9.17, 15) is 4.79 Å². The molecule has 2 unspecified atom stereocenters. The molecule has 4 bridgehead atoms. The molecule has 0 heterocycles. The van der Waals surface area contributed by atoms with Crippen molar-refractivity contribution in [1.82, 2.24) is 0 Å². The Hall–Kier alpha value is -0.350. The summed E-state index contributed by atoms with van der Waals surface area (Å²) in [5.74, 6) is 1.83. The minimum atomic E-state index is 0.171. The number of amides is 1. The monoisotopic (exact) mass is 425 g/mol. The van der Waals surface area contributed by atoms with E-state index in [4.69, 9.17) is 0 Å². The van der Waals surface area contributed by atoms with Crippen molar-refractivity contribution < 1.29 is 4.79 Å². The van der Waals surface area contributed by atoms with Gasteiger partial charge in [0.25, 0.3) is 0 Å². The Labute approximate surface area is 148 Å². The molecule has 22 heavy (non-hydrogen) atoms. The summed E-state index contributed by atoms with van der Waals surface area (Å²) in [6.45, 7) is 0. The number of anilines is 1. The first-order valence-corrected chi connectivity index (χ1v) is 9.77. The van der Waals surface area contributed by atoms with E-state index in [2.05, 4.69) is 37.2 Å². The van der Waals surface area contributed by atoms with Gasteiger partial charge < -0.3 is 5.32 Å². The minimum Gasteiger partial charge on any atom is -0.325 e. The number of halogens is 2. The van der Waals surface area contributed by atoms with E-state index in [-0.39, 0.29) is 11.3 Å². The zero-order chi connectivity index (χ0) is 15.4. The third-order valence-electron chi connectivity index (χ3n) is 5.79. The van der Waals surface area contributed by atoms with Crippen molar-refractivity contribution in [2.45, 2.75) is 49.3 Å². The van der Waals surface area contributed by atoms with Gasteiger partial charge >= 0.3 is 0 Å². The molecule has 0 aromatic heterocycles. The van der Waals surface area contributed by atoms with Crippen molar-refractivity contribution in [2.24, 2.45) is 17.3 Å². The van der Waals surface area contributed by atoms with Crippen LogP contribution in [0, 0.1) is 17.3 Å². The van der Waals surface area contributed by atoms with E-state index in [1.807, 2.05) is 24.3 Å². The van der Waals surface area contributed by atoms with Crippen LogP contribution in [-0.4, -0.2) is 10.2 Å². The van der Waals surface area contributed by atoms with Gasteiger partial charge in [-0.3, -0.25) is 4.79 Å². The molecular weight excluding hydrogens is 406 g/mol. The number of benzene rings is 1. The lowest BCUT2D eigenvalue weighted by Gasteiger charge is -2.60. The zero-order valence-electron chi connectivity index (χ0n) is 12.6. The molecule has 5 rings (SSSR count). The van der Waals surface area contributed by atoms with Gasteiger partial charge in [-0.25, -0.2) is 0 Å². The summed E-state index contributed by atoms with van der Waals surface area (Å²) >= 11 is 7.53. The summed E-state index contributed by atoms with van der Waals surface area (Å²) in [7, 11) is 0. The van der Waals surface area contributed by atoms with Crippen molar-refractivity contribution in [1.29, 1.82) is 0 Å². The van der Waals surface area contributed by atoms with Crippen molar-refractivity contribution in [3.05, 3.63) is 28.7 Å². The Morgan fingerprint density at radius 2 is 1.86 bits per heavy atom. The van der Waals surface area contributed by atoms with Crippen LogP contribution in [0.2, 0.25) is 0 Å². The predicted molar refractivity (Wildman–Crippen MR) is 96.2 cm³/mol. The summed E-state index contributed by atoms with van der Waals surface area (Å²) in [6, 6.07) is 7.84. The first-order chi connectivity index (χ1) is 10.5. The third-order valence-corrected chi connectivity index (χ3v) is 7.41. The number of alkyl halides is 1. The first-order valence-electron chi connectivity index (χ1n) is 8.19. The fraction of sp³-hybridized carbons (Fsp3) is 0.611.